The molecule has 168 valence electrons. The monoisotopic (exact) mass is 435 g/mol. The van der Waals surface area contributed by atoms with E-state index in [1.165, 1.54) is 0 Å². The highest BCUT2D eigenvalue weighted by Gasteiger charge is 2.49. The lowest BCUT2D eigenvalue weighted by molar-refractivity contribution is -0.216. The standard InChI is InChI=1S/C24H29N5O3/c1-4-5-9-14-32-29(21(15(2)3)24(30)31)22-18-13-12-17(16-10-7-6-8-11-16)19(22)20(18)23-25-27-28-26-23/h6-8,10-13,15,21-22H,4-5,9,14H2,1-3H3,(H,30,31)(H,25,26,27,28)/t21-,22?/m0/s1. The molecule has 1 heterocycles. The summed E-state index contributed by atoms with van der Waals surface area (Å²) < 4.78 is 0. The van der Waals surface area contributed by atoms with Crippen LogP contribution >= 0.6 is 0 Å². The summed E-state index contributed by atoms with van der Waals surface area (Å²) >= 11 is 0. The zero-order valence-corrected chi connectivity index (χ0v) is 18.7. The SMILES string of the molecule is CCCCCON(C1c2ccc(-c3ccccc3)c1c2-c1nn[nH]n1)[C@H](C(=O)O)C(C)C. The molecule has 32 heavy (non-hydrogen) atoms. The molecule has 2 aliphatic carbocycles. The second-order valence-electron chi connectivity index (χ2n) is 8.42. The number of unbranched alkanes of at least 4 members (excludes halogenated alkanes) is 2. The first-order valence-electron chi connectivity index (χ1n) is 11.1. The van der Waals surface area contributed by atoms with Gasteiger partial charge in [0, 0.05) is 5.57 Å². The largest absolute Gasteiger partial charge is 0.480 e. The first kappa shape index (κ1) is 22.1. The van der Waals surface area contributed by atoms with Crippen molar-refractivity contribution in [3.8, 4) is 0 Å². The lowest BCUT2D eigenvalue weighted by Crippen LogP contribution is -2.55. The fourth-order valence-corrected chi connectivity index (χ4v) is 4.40. The van der Waals surface area contributed by atoms with E-state index in [1.807, 2.05) is 50.3 Å². The van der Waals surface area contributed by atoms with Crippen LogP contribution in [0, 0.1) is 5.92 Å². The van der Waals surface area contributed by atoms with Gasteiger partial charge in [0.2, 0.25) is 5.82 Å². The van der Waals surface area contributed by atoms with Crippen LogP contribution in [-0.4, -0.2) is 55.5 Å². The van der Waals surface area contributed by atoms with E-state index < -0.39 is 12.0 Å². The first-order valence-corrected chi connectivity index (χ1v) is 11.1. The fraction of sp³-hybridized carbons (Fsp3) is 0.417. The third kappa shape index (κ3) is 4.03. The number of hydrogen-bond donors (Lipinski definition) is 2. The Morgan fingerprint density at radius 2 is 2.00 bits per heavy atom. The van der Waals surface area contributed by atoms with E-state index in [2.05, 4.69) is 33.6 Å². The maximum atomic E-state index is 12.3. The van der Waals surface area contributed by atoms with Crippen LogP contribution in [0.3, 0.4) is 0 Å². The molecule has 1 unspecified atom stereocenters. The molecule has 2 aliphatic rings. The molecule has 0 radical (unpaired) electrons. The summed E-state index contributed by atoms with van der Waals surface area (Å²) in [6.07, 6.45) is 7.07. The topological polar surface area (TPSA) is 104 Å². The zero-order valence-electron chi connectivity index (χ0n) is 18.7. The fourth-order valence-electron chi connectivity index (χ4n) is 4.40. The average molecular weight is 436 g/mol. The molecule has 1 aromatic heterocycles. The number of allylic oxidation sites excluding steroid dienone is 2. The summed E-state index contributed by atoms with van der Waals surface area (Å²) in [6, 6.07) is 8.95. The van der Waals surface area contributed by atoms with Gasteiger partial charge in [-0.25, -0.2) is 0 Å². The average Bonchev–Trinajstić information content (AvgIpc) is 3.30. The minimum absolute atomic E-state index is 0.140. The second kappa shape index (κ2) is 9.58. The van der Waals surface area contributed by atoms with Crippen LogP contribution in [0.25, 0.3) is 11.1 Å². The van der Waals surface area contributed by atoms with E-state index in [1.54, 1.807) is 5.06 Å². The van der Waals surface area contributed by atoms with E-state index in [4.69, 9.17) is 4.84 Å². The third-order valence-corrected chi connectivity index (χ3v) is 5.90. The minimum atomic E-state index is -0.895. The highest BCUT2D eigenvalue weighted by atomic mass is 16.7. The third-order valence-electron chi connectivity index (χ3n) is 5.90. The van der Waals surface area contributed by atoms with Crippen molar-refractivity contribution in [2.75, 3.05) is 6.61 Å². The molecule has 2 N–H and O–H groups in total. The van der Waals surface area contributed by atoms with Crippen molar-refractivity contribution in [3.63, 3.8) is 0 Å². The van der Waals surface area contributed by atoms with Crippen LogP contribution in [0.4, 0.5) is 0 Å². The number of hydrogen-bond acceptors (Lipinski definition) is 6. The van der Waals surface area contributed by atoms with E-state index in [0.29, 0.717) is 12.4 Å². The number of fused-ring (bicyclic) bond motifs is 2. The van der Waals surface area contributed by atoms with Gasteiger partial charge < -0.3 is 5.11 Å². The predicted molar refractivity (Wildman–Crippen MR) is 121 cm³/mol. The Kier molecular flexibility index (Phi) is 6.62. The molecule has 4 rings (SSSR count). The van der Waals surface area contributed by atoms with E-state index in [0.717, 1.165) is 47.1 Å². The van der Waals surface area contributed by atoms with Gasteiger partial charge in [0.05, 0.1) is 12.6 Å². The van der Waals surface area contributed by atoms with Crippen LogP contribution in [0.15, 0.2) is 53.6 Å². The molecule has 0 fully saturated rings. The van der Waals surface area contributed by atoms with Crippen molar-refractivity contribution in [1.82, 2.24) is 25.7 Å². The number of carbonyl (C=O) groups is 1. The molecule has 1 aromatic carbocycles. The molecule has 2 atom stereocenters. The number of tetrazole rings is 1. The van der Waals surface area contributed by atoms with Crippen molar-refractivity contribution in [3.05, 3.63) is 65.0 Å². The van der Waals surface area contributed by atoms with Gasteiger partial charge >= 0.3 is 5.97 Å². The molecular weight excluding hydrogens is 406 g/mol. The van der Waals surface area contributed by atoms with Gasteiger partial charge in [-0.3, -0.25) is 9.63 Å². The lowest BCUT2D eigenvalue weighted by Gasteiger charge is -2.47. The van der Waals surface area contributed by atoms with Gasteiger partial charge in [-0.1, -0.05) is 76.1 Å². The van der Waals surface area contributed by atoms with Gasteiger partial charge in [0.25, 0.3) is 0 Å². The Labute approximate surface area is 187 Å². The number of benzene rings is 1. The van der Waals surface area contributed by atoms with Gasteiger partial charge in [0.15, 0.2) is 0 Å². The number of nitrogens with zero attached hydrogens (tertiary/aromatic N) is 4. The van der Waals surface area contributed by atoms with Gasteiger partial charge in [0.1, 0.15) is 6.04 Å². The van der Waals surface area contributed by atoms with Crippen LogP contribution in [0.1, 0.15) is 51.4 Å². The van der Waals surface area contributed by atoms with Crippen molar-refractivity contribution in [1.29, 1.82) is 0 Å². The zero-order chi connectivity index (χ0) is 22.7. The number of H-pyrrole nitrogens is 1. The molecular formula is C24H29N5O3. The molecule has 2 bridgehead atoms. The number of aromatic nitrogens is 4. The smallest absolute Gasteiger partial charge is 0.323 e. The molecule has 2 aromatic rings. The number of rotatable bonds is 11. The van der Waals surface area contributed by atoms with Crippen LogP contribution in [-0.2, 0) is 9.63 Å². The van der Waals surface area contributed by atoms with Crippen molar-refractivity contribution < 1.29 is 14.7 Å². The molecule has 0 spiro atoms. The predicted octanol–water partition coefficient (Wildman–Crippen LogP) is 3.89. The summed E-state index contributed by atoms with van der Waals surface area (Å²) in [5, 5.41) is 26.4. The summed E-state index contributed by atoms with van der Waals surface area (Å²) in [5.74, 6) is -0.529. The Morgan fingerprint density at radius 1 is 1.22 bits per heavy atom. The number of aromatic amines is 1. The van der Waals surface area contributed by atoms with Crippen LogP contribution in [0.2, 0.25) is 0 Å². The summed E-state index contributed by atoms with van der Waals surface area (Å²) in [5.41, 5.74) is 4.87. The van der Waals surface area contributed by atoms with Gasteiger partial charge in [-0.2, -0.15) is 10.3 Å². The summed E-state index contributed by atoms with van der Waals surface area (Å²) in [4.78, 5) is 18.5. The first-order chi connectivity index (χ1) is 15.5. The van der Waals surface area contributed by atoms with E-state index in [-0.39, 0.29) is 12.0 Å². The Morgan fingerprint density at radius 3 is 2.62 bits per heavy atom. The highest BCUT2D eigenvalue weighted by Crippen LogP contribution is 2.52. The van der Waals surface area contributed by atoms with Crippen LogP contribution < -0.4 is 0 Å². The maximum Gasteiger partial charge on any atom is 0.323 e. The Hall–Kier alpha value is -3.10. The van der Waals surface area contributed by atoms with Gasteiger partial charge in [-0.05, 0) is 39.8 Å². The Balaban J connectivity index is 1.77. The van der Waals surface area contributed by atoms with Crippen molar-refractivity contribution in [2.45, 2.75) is 52.1 Å². The summed E-state index contributed by atoms with van der Waals surface area (Å²) in [6.45, 7) is 6.42. The van der Waals surface area contributed by atoms with Crippen LogP contribution in [0.5, 0.6) is 0 Å². The maximum absolute atomic E-state index is 12.3. The Bertz CT molecular complexity index is 1040. The molecule has 0 saturated carbocycles. The number of carboxylic acids is 1. The van der Waals surface area contributed by atoms with E-state index in [9.17, 15) is 9.90 Å². The minimum Gasteiger partial charge on any atom is -0.480 e. The molecule has 0 aliphatic heterocycles. The van der Waals surface area contributed by atoms with Crippen molar-refractivity contribution in [2.24, 2.45) is 5.92 Å². The lowest BCUT2D eigenvalue weighted by atomic mass is 9.68. The van der Waals surface area contributed by atoms with E-state index >= 15 is 0 Å². The molecule has 0 saturated heterocycles. The number of nitrogens with one attached hydrogen (secondary N) is 1. The number of carboxylic acid groups (broad SMARTS) is 1. The molecule has 0 amide bonds. The van der Waals surface area contributed by atoms with Gasteiger partial charge in [-0.15, -0.1) is 10.2 Å². The summed E-state index contributed by atoms with van der Waals surface area (Å²) in [7, 11) is 0. The highest BCUT2D eigenvalue weighted by molar-refractivity contribution is 6.05. The molecule has 8 heteroatoms. The number of hydroxylamine groups is 2. The second-order valence-corrected chi connectivity index (χ2v) is 8.42. The van der Waals surface area contributed by atoms with Crippen molar-refractivity contribution >= 4 is 17.1 Å². The molecule has 8 nitrogen and oxygen atoms in total. The normalized spacial score (nSPS) is 18.5. The quantitative estimate of drug-likeness (QED) is 0.407. The number of aliphatic carboxylic acids is 1.